The minimum atomic E-state index is -1.03. The van der Waals surface area contributed by atoms with Crippen molar-refractivity contribution in [2.75, 3.05) is 19.1 Å². The summed E-state index contributed by atoms with van der Waals surface area (Å²) in [7, 11) is 2.98. The second kappa shape index (κ2) is 9.22. The van der Waals surface area contributed by atoms with Gasteiger partial charge in [0.2, 0.25) is 5.95 Å². The number of rotatable bonds is 5. The van der Waals surface area contributed by atoms with Crippen LogP contribution in [0.2, 0.25) is 10.0 Å². The number of aliphatic hydroxyl groups is 1. The molecule has 3 aromatic carbocycles. The lowest BCUT2D eigenvalue weighted by molar-refractivity contribution is -0.132. The number of imidazole rings is 1. The Morgan fingerprint density at radius 1 is 0.972 bits per heavy atom. The normalized spacial score (nSPS) is 17.1. The number of ether oxygens (including phenoxy) is 2. The highest BCUT2D eigenvalue weighted by Gasteiger charge is 2.48. The number of aromatic nitrogens is 2. The Morgan fingerprint density at radius 3 is 2.42 bits per heavy atom. The van der Waals surface area contributed by atoms with Gasteiger partial charge in [-0.2, -0.15) is 0 Å². The van der Waals surface area contributed by atoms with Crippen LogP contribution in [-0.2, 0) is 9.59 Å². The predicted octanol–water partition coefficient (Wildman–Crippen LogP) is 5.51. The van der Waals surface area contributed by atoms with Gasteiger partial charge in [-0.25, -0.2) is 4.98 Å². The van der Waals surface area contributed by atoms with Crippen molar-refractivity contribution < 1.29 is 24.2 Å². The summed E-state index contributed by atoms with van der Waals surface area (Å²) in [6, 6.07) is 15.7. The highest BCUT2D eigenvalue weighted by atomic mass is 35.5. The molecule has 1 aliphatic rings. The smallest absolute Gasteiger partial charge is 0.302 e. The summed E-state index contributed by atoms with van der Waals surface area (Å²) in [5, 5.41) is 11.8. The number of nitrogens with zero attached hydrogens (tertiary/aromatic N) is 2. The second-order valence-corrected chi connectivity index (χ2v) is 8.80. The number of nitrogens with one attached hydrogen (secondary N) is 1. The first-order valence-electron chi connectivity index (χ1n) is 10.8. The Morgan fingerprint density at radius 2 is 1.72 bits per heavy atom. The summed E-state index contributed by atoms with van der Waals surface area (Å²) in [4.78, 5) is 35.6. The molecule has 0 saturated carbocycles. The maximum Gasteiger partial charge on any atom is 0.302 e. The Hall–Kier alpha value is -4.01. The minimum absolute atomic E-state index is 0.133. The third-order valence-corrected chi connectivity index (χ3v) is 6.70. The molecule has 1 unspecified atom stereocenters. The number of hydrogen-bond acceptors (Lipinski definition) is 6. The number of hydrogen-bond donors (Lipinski definition) is 2. The lowest BCUT2D eigenvalue weighted by Gasteiger charge is -2.24. The number of halogens is 2. The van der Waals surface area contributed by atoms with Crippen LogP contribution in [0.5, 0.6) is 11.5 Å². The average Bonchev–Trinajstić information content (AvgIpc) is 3.43. The van der Waals surface area contributed by atoms with E-state index in [0.717, 1.165) is 0 Å². The van der Waals surface area contributed by atoms with Gasteiger partial charge < -0.3 is 19.6 Å². The Kier molecular flexibility index (Phi) is 6.07. The van der Waals surface area contributed by atoms with E-state index in [2.05, 4.69) is 9.97 Å². The number of carbonyl (C=O) groups is 2. The number of H-pyrrole nitrogens is 1. The molecule has 0 aliphatic carbocycles. The molecule has 1 fully saturated rings. The molecule has 5 rings (SSSR count). The number of para-hydroxylation sites is 2. The molecular weight excluding hydrogens is 505 g/mol. The van der Waals surface area contributed by atoms with E-state index in [0.29, 0.717) is 28.1 Å². The number of amides is 1. The summed E-state index contributed by atoms with van der Waals surface area (Å²) < 4.78 is 10.8. The monoisotopic (exact) mass is 523 g/mol. The van der Waals surface area contributed by atoms with Crippen LogP contribution >= 0.6 is 23.2 Å². The number of aliphatic hydroxyl groups excluding tert-OH is 1. The van der Waals surface area contributed by atoms with Gasteiger partial charge in [-0.15, -0.1) is 0 Å². The number of methoxy groups -OCH3 is 2. The maximum atomic E-state index is 13.4. The molecule has 0 spiro atoms. The van der Waals surface area contributed by atoms with Crippen LogP contribution in [0, 0.1) is 0 Å². The van der Waals surface area contributed by atoms with Gasteiger partial charge in [-0.1, -0.05) is 41.4 Å². The number of benzene rings is 3. The number of Topliss-reactive ketones (excluding diaryl/α,β-unsaturated/α-hetero) is 1. The Labute approximate surface area is 215 Å². The minimum Gasteiger partial charge on any atom is -0.507 e. The van der Waals surface area contributed by atoms with E-state index in [-0.39, 0.29) is 27.1 Å². The van der Waals surface area contributed by atoms with Crippen molar-refractivity contribution in [1.29, 1.82) is 0 Å². The molecule has 2 heterocycles. The fourth-order valence-electron chi connectivity index (χ4n) is 4.24. The molecule has 182 valence electrons. The molecule has 0 radical (unpaired) electrons. The van der Waals surface area contributed by atoms with E-state index in [1.807, 2.05) is 18.2 Å². The van der Waals surface area contributed by atoms with Gasteiger partial charge in [0.15, 0.2) is 11.5 Å². The standard InChI is InChI=1S/C26H19Cl2N3O5/c1-35-19-10-8-13(12-20(19)36-2)22-21(23(32)14-7-9-15(27)16(28)11-14)24(33)25(34)31(22)26-29-17-5-3-4-6-18(17)30-26/h3-12,22,32H,1-2H3,(H,29,30)/b23-21+. The molecule has 1 amide bonds. The fraction of sp³-hybridized carbons (Fsp3) is 0.115. The van der Waals surface area contributed by atoms with Crippen molar-refractivity contribution in [1.82, 2.24) is 9.97 Å². The van der Waals surface area contributed by atoms with Crippen molar-refractivity contribution in [3.05, 3.63) is 87.4 Å². The first-order chi connectivity index (χ1) is 17.3. The number of aromatic amines is 1. The SMILES string of the molecule is COc1ccc(C2/C(=C(\O)c3ccc(Cl)c(Cl)c3)C(=O)C(=O)N2c2nc3ccccc3[nH]2)cc1OC. The van der Waals surface area contributed by atoms with E-state index in [9.17, 15) is 14.7 Å². The summed E-state index contributed by atoms with van der Waals surface area (Å²) >= 11 is 12.2. The van der Waals surface area contributed by atoms with E-state index < -0.39 is 23.5 Å². The fourth-order valence-corrected chi connectivity index (χ4v) is 4.54. The molecule has 8 nitrogen and oxygen atoms in total. The van der Waals surface area contributed by atoms with Crippen molar-refractivity contribution >= 4 is 57.6 Å². The largest absolute Gasteiger partial charge is 0.507 e. The summed E-state index contributed by atoms with van der Waals surface area (Å²) in [6.07, 6.45) is 0. The summed E-state index contributed by atoms with van der Waals surface area (Å²) in [5.41, 5.74) is 1.90. The number of fused-ring (bicyclic) bond motifs is 1. The quantitative estimate of drug-likeness (QED) is 0.203. The molecular formula is C26H19Cl2N3O5. The molecule has 2 N–H and O–H groups in total. The lowest BCUT2D eigenvalue weighted by atomic mass is 9.95. The van der Waals surface area contributed by atoms with Gasteiger partial charge in [0.05, 0.1) is 46.9 Å². The molecule has 4 aromatic rings. The predicted molar refractivity (Wildman–Crippen MR) is 137 cm³/mol. The van der Waals surface area contributed by atoms with Gasteiger partial charge in [-0.05, 0) is 48.0 Å². The molecule has 1 aromatic heterocycles. The highest BCUT2D eigenvalue weighted by molar-refractivity contribution is 6.51. The Bertz CT molecular complexity index is 1530. The topological polar surface area (TPSA) is 105 Å². The molecule has 36 heavy (non-hydrogen) atoms. The van der Waals surface area contributed by atoms with Gasteiger partial charge >= 0.3 is 5.91 Å². The van der Waals surface area contributed by atoms with Crippen molar-refractivity contribution in [2.45, 2.75) is 6.04 Å². The zero-order chi connectivity index (χ0) is 25.6. The third-order valence-electron chi connectivity index (χ3n) is 5.97. The van der Waals surface area contributed by atoms with Crippen molar-refractivity contribution in [2.24, 2.45) is 0 Å². The third kappa shape index (κ3) is 3.84. The Balaban J connectivity index is 1.76. The van der Waals surface area contributed by atoms with Crippen LogP contribution in [0.25, 0.3) is 16.8 Å². The summed E-state index contributed by atoms with van der Waals surface area (Å²) in [5.74, 6) is -1.11. The first kappa shape index (κ1) is 23.7. The van der Waals surface area contributed by atoms with Crippen LogP contribution in [-0.4, -0.2) is 41.0 Å². The van der Waals surface area contributed by atoms with E-state index in [1.54, 1.807) is 24.3 Å². The molecule has 1 atom stereocenters. The second-order valence-electron chi connectivity index (χ2n) is 7.99. The van der Waals surface area contributed by atoms with Gasteiger partial charge in [-0.3, -0.25) is 14.5 Å². The molecule has 1 saturated heterocycles. The maximum absolute atomic E-state index is 13.4. The van der Waals surface area contributed by atoms with Crippen LogP contribution < -0.4 is 14.4 Å². The van der Waals surface area contributed by atoms with Gasteiger partial charge in [0, 0.05) is 5.56 Å². The molecule has 10 heteroatoms. The lowest BCUT2D eigenvalue weighted by Crippen LogP contribution is -2.30. The van der Waals surface area contributed by atoms with Crippen molar-refractivity contribution in [3.63, 3.8) is 0 Å². The van der Waals surface area contributed by atoms with E-state index in [1.165, 1.54) is 37.3 Å². The van der Waals surface area contributed by atoms with Gasteiger partial charge in [0.1, 0.15) is 5.76 Å². The number of carbonyl (C=O) groups excluding carboxylic acids is 2. The van der Waals surface area contributed by atoms with Crippen LogP contribution in [0.1, 0.15) is 17.2 Å². The van der Waals surface area contributed by atoms with Crippen LogP contribution in [0.4, 0.5) is 5.95 Å². The number of ketones is 1. The van der Waals surface area contributed by atoms with E-state index in [4.69, 9.17) is 32.7 Å². The van der Waals surface area contributed by atoms with E-state index >= 15 is 0 Å². The van der Waals surface area contributed by atoms with Crippen LogP contribution in [0.15, 0.2) is 66.2 Å². The zero-order valence-electron chi connectivity index (χ0n) is 19.1. The van der Waals surface area contributed by atoms with Crippen LogP contribution in [0.3, 0.4) is 0 Å². The molecule has 1 aliphatic heterocycles. The zero-order valence-corrected chi connectivity index (χ0v) is 20.6. The first-order valence-corrected chi connectivity index (χ1v) is 11.5. The van der Waals surface area contributed by atoms with Gasteiger partial charge in [0.25, 0.3) is 5.78 Å². The highest BCUT2D eigenvalue weighted by Crippen LogP contribution is 2.44. The summed E-state index contributed by atoms with van der Waals surface area (Å²) in [6.45, 7) is 0. The number of anilines is 1. The molecule has 0 bridgehead atoms. The van der Waals surface area contributed by atoms with Crippen molar-refractivity contribution in [3.8, 4) is 11.5 Å². The average molecular weight is 524 g/mol.